The Kier molecular flexibility index (Phi) is 2.70. The highest BCUT2D eigenvalue weighted by molar-refractivity contribution is 7.12. The fourth-order valence-corrected chi connectivity index (χ4v) is 2.04. The molecule has 1 aliphatic heterocycles. The lowest BCUT2D eigenvalue weighted by molar-refractivity contribution is -0.297. The zero-order valence-corrected chi connectivity index (χ0v) is 9.13. The van der Waals surface area contributed by atoms with E-state index >= 15 is 0 Å². The summed E-state index contributed by atoms with van der Waals surface area (Å²) in [4.78, 5) is 11.8. The molecular formula is C9H7F3N2O2S. The predicted octanol–water partition coefficient (Wildman–Crippen LogP) is 1.83. The van der Waals surface area contributed by atoms with Crippen LogP contribution >= 0.6 is 11.3 Å². The molecule has 2 rings (SSSR count). The first-order chi connectivity index (χ1) is 7.86. The van der Waals surface area contributed by atoms with Crippen LogP contribution < -0.4 is 0 Å². The molecule has 1 aromatic heterocycles. The number of alkyl halides is 3. The van der Waals surface area contributed by atoms with Crippen LogP contribution in [0.4, 0.5) is 13.2 Å². The Labute approximate surface area is 98.0 Å². The van der Waals surface area contributed by atoms with Gasteiger partial charge in [0.1, 0.15) is 0 Å². The molecule has 17 heavy (non-hydrogen) atoms. The lowest BCUT2D eigenvalue weighted by Gasteiger charge is -2.32. The number of halogens is 3. The summed E-state index contributed by atoms with van der Waals surface area (Å²) in [6.07, 6.45) is -4.83. The molecule has 1 aliphatic rings. The van der Waals surface area contributed by atoms with Crippen LogP contribution in [0.15, 0.2) is 22.6 Å². The molecule has 1 N–H and O–H groups in total. The minimum atomic E-state index is -4.95. The maximum atomic E-state index is 12.7. The second kappa shape index (κ2) is 3.81. The van der Waals surface area contributed by atoms with E-state index in [4.69, 9.17) is 0 Å². The third-order valence-electron chi connectivity index (χ3n) is 2.30. The summed E-state index contributed by atoms with van der Waals surface area (Å²) in [5.41, 5.74) is -3.24. The number of carbonyl (C=O) groups is 1. The van der Waals surface area contributed by atoms with Crippen molar-refractivity contribution < 1.29 is 23.1 Å². The summed E-state index contributed by atoms with van der Waals surface area (Å²) in [6, 6.07) is 2.90. The van der Waals surface area contributed by atoms with Crippen molar-refractivity contribution in [2.75, 3.05) is 0 Å². The second-order valence-corrected chi connectivity index (χ2v) is 4.36. The van der Waals surface area contributed by atoms with Crippen molar-refractivity contribution in [3.63, 3.8) is 0 Å². The van der Waals surface area contributed by atoms with Gasteiger partial charge in [0.25, 0.3) is 11.6 Å². The van der Waals surface area contributed by atoms with Gasteiger partial charge in [0.05, 0.1) is 4.88 Å². The van der Waals surface area contributed by atoms with E-state index < -0.39 is 24.2 Å². The maximum Gasteiger partial charge on any atom is 0.438 e. The first kappa shape index (κ1) is 12.1. The number of carbonyl (C=O) groups excluding carboxylic acids is 1. The van der Waals surface area contributed by atoms with Crippen molar-refractivity contribution in [1.82, 2.24) is 5.01 Å². The molecule has 0 radical (unpaired) electrons. The first-order valence-corrected chi connectivity index (χ1v) is 5.44. The number of nitrogens with zero attached hydrogens (tertiary/aromatic N) is 2. The molecular weight excluding hydrogens is 257 g/mol. The summed E-state index contributed by atoms with van der Waals surface area (Å²) in [6.45, 7) is 0. The van der Waals surface area contributed by atoms with Gasteiger partial charge in [-0.1, -0.05) is 6.07 Å². The Bertz CT molecular complexity index is 457. The van der Waals surface area contributed by atoms with Crippen LogP contribution in [0.3, 0.4) is 0 Å². The number of aliphatic hydroxyl groups is 1. The topological polar surface area (TPSA) is 52.9 Å². The second-order valence-electron chi connectivity index (χ2n) is 3.41. The van der Waals surface area contributed by atoms with Crippen molar-refractivity contribution >= 4 is 23.5 Å². The van der Waals surface area contributed by atoms with Crippen LogP contribution in [0.1, 0.15) is 16.1 Å². The van der Waals surface area contributed by atoms with E-state index in [1.54, 1.807) is 5.38 Å². The standard InChI is InChI=1S/C9H7F3N2O2S/c10-9(11,12)8(16)3-4-13-14(8)7(15)6-2-1-5-17-6/h1-2,4-5,16H,3H2. The first-order valence-electron chi connectivity index (χ1n) is 4.56. The highest BCUT2D eigenvalue weighted by Gasteiger charge is 2.61. The number of hydrogen-bond donors (Lipinski definition) is 1. The number of rotatable bonds is 1. The normalized spacial score (nSPS) is 24.4. The van der Waals surface area contributed by atoms with Crippen LogP contribution in [0.5, 0.6) is 0 Å². The van der Waals surface area contributed by atoms with Crippen molar-refractivity contribution in [3.8, 4) is 0 Å². The zero-order chi connectivity index (χ0) is 12.7. The number of hydrogen-bond acceptors (Lipinski definition) is 4. The van der Waals surface area contributed by atoms with Gasteiger partial charge in [0.2, 0.25) is 0 Å². The van der Waals surface area contributed by atoms with Crippen molar-refractivity contribution in [2.45, 2.75) is 18.3 Å². The van der Waals surface area contributed by atoms with Gasteiger partial charge in [-0.15, -0.1) is 11.3 Å². The van der Waals surface area contributed by atoms with E-state index in [1.807, 2.05) is 0 Å². The van der Waals surface area contributed by atoms with E-state index in [2.05, 4.69) is 5.10 Å². The Morgan fingerprint density at radius 3 is 2.82 bits per heavy atom. The van der Waals surface area contributed by atoms with Gasteiger partial charge in [-0.05, 0) is 11.4 Å². The molecule has 1 aromatic rings. The van der Waals surface area contributed by atoms with E-state index in [-0.39, 0.29) is 9.89 Å². The quantitative estimate of drug-likeness (QED) is 0.841. The monoisotopic (exact) mass is 264 g/mol. The average Bonchev–Trinajstić information content (AvgIpc) is 2.84. The van der Waals surface area contributed by atoms with E-state index in [0.717, 1.165) is 17.6 Å². The Morgan fingerprint density at radius 1 is 1.59 bits per heavy atom. The molecule has 8 heteroatoms. The van der Waals surface area contributed by atoms with E-state index in [1.165, 1.54) is 12.1 Å². The molecule has 0 spiro atoms. The molecule has 92 valence electrons. The van der Waals surface area contributed by atoms with Crippen LogP contribution in [0.2, 0.25) is 0 Å². The van der Waals surface area contributed by atoms with Gasteiger partial charge in [-0.2, -0.15) is 23.3 Å². The Hall–Kier alpha value is -1.41. The summed E-state index contributed by atoms with van der Waals surface area (Å²) < 4.78 is 38.0. The molecule has 1 unspecified atom stereocenters. The van der Waals surface area contributed by atoms with Crippen molar-refractivity contribution in [3.05, 3.63) is 22.4 Å². The van der Waals surface area contributed by atoms with Crippen LogP contribution in [-0.4, -0.2) is 34.1 Å². The Morgan fingerprint density at radius 2 is 2.29 bits per heavy atom. The molecule has 0 aromatic carbocycles. The maximum absolute atomic E-state index is 12.7. The smallest absolute Gasteiger partial charge is 0.362 e. The average molecular weight is 264 g/mol. The molecule has 1 atom stereocenters. The molecule has 0 bridgehead atoms. The molecule has 2 heterocycles. The SMILES string of the molecule is O=C(c1cccs1)N1N=CCC1(O)C(F)(F)F. The largest absolute Gasteiger partial charge is 0.438 e. The molecule has 0 aliphatic carbocycles. The van der Waals surface area contributed by atoms with Crippen LogP contribution in [0, 0.1) is 0 Å². The van der Waals surface area contributed by atoms with E-state index in [9.17, 15) is 23.1 Å². The summed E-state index contributed by atoms with van der Waals surface area (Å²) >= 11 is 0.986. The van der Waals surface area contributed by atoms with Crippen molar-refractivity contribution in [1.29, 1.82) is 0 Å². The fraction of sp³-hybridized carbons (Fsp3) is 0.333. The lowest BCUT2D eigenvalue weighted by Crippen LogP contribution is -2.56. The van der Waals surface area contributed by atoms with Crippen LogP contribution in [-0.2, 0) is 0 Å². The summed E-state index contributed by atoms with van der Waals surface area (Å²) in [5.74, 6) is -0.964. The van der Waals surface area contributed by atoms with Gasteiger partial charge in [0, 0.05) is 12.6 Å². The number of amides is 1. The Balaban J connectivity index is 2.32. The summed E-state index contributed by atoms with van der Waals surface area (Å²) in [5, 5.41) is 14.5. The zero-order valence-electron chi connectivity index (χ0n) is 8.31. The number of thiophene rings is 1. The minimum absolute atomic E-state index is 0.0822. The highest BCUT2D eigenvalue weighted by Crippen LogP contribution is 2.39. The van der Waals surface area contributed by atoms with Crippen molar-refractivity contribution in [2.24, 2.45) is 5.10 Å². The van der Waals surface area contributed by atoms with E-state index in [0.29, 0.717) is 0 Å². The third-order valence-corrected chi connectivity index (χ3v) is 3.16. The van der Waals surface area contributed by atoms with Crippen LogP contribution in [0.25, 0.3) is 0 Å². The van der Waals surface area contributed by atoms with Gasteiger partial charge in [-0.3, -0.25) is 4.79 Å². The molecule has 0 saturated heterocycles. The lowest BCUT2D eigenvalue weighted by atomic mass is 10.1. The molecule has 4 nitrogen and oxygen atoms in total. The van der Waals surface area contributed by atoms with Gasteiger partial charge in [0.15, 0.2) is 0 Å². The highest BCUT2D eigenvalue weighted by atomic mass is 32.1. The van der Waals surface area contributed by atoms with Gasteiger partial charge < -0.3 is 5.11 Å². The predicted molar refractivity (Wildman–Crippen MR) is 54.6 cm³/mol. The van der Waals surface area contributed by atoms with Gasteiger partial charge >= 0.3 is 6.18 Å². The fourth-order valence-electron chi connectivity index (χ4n) is 1.39. The molecule has 0 saturated carbocycles. The summed E-state index contributed by atoms with van der Waals surface area (Å²) in [7, 11) is 0. The third kappa shape index (κ3) is 1.83. The van der Waals surface area contributed by atoms with Gasteiger partial charge in [-0.25, -0.2) is 0 Å². The molecule has 1 amide bonds. The number of hydrazone groups is 1. The minimum Gasteiger partial charge on any atom is -0.362 e. The molecule has 0 fully saturated rings.